The van der Waals surface area contributed by atoms with Crippen LogP contribution in [-0.2, 0) is 19.1 Å². The molecule has 0 radical (unpaired) electrons. The first kappa shape index (κ1) is 21.5. The molecule has 7 nitrogen and oxygen atoms in total. The van der Waals surface area contributed by atoms with Crippen molar-refractivity contribution in [2.75, 3.05) is 20.8 Å². The van der Waals surface area contributed by atoms with Crippen LogP contribution in [0.25, 0.3) is 0 Å². The molecule has 0 heterocycles. The predicted octanol–water partition coefficient (Wildman–Crippen LogP) is 2.88. The van der Waals surface area contributed by atoms with E-state index in [2.05, 4.69) is 5.32 Å². The fraction of sp³-hybridized carbons (Fsp3) is 0.476. The van der Waals surface area contributed by atoms with Gasteiger partial charge >= 0.3 is 5.97 Å². The molecule has 1 aromatic rings. The van der Waals surface area contributed by atoms with Crippen molar-refractivity contribution in [3.63, 3.8) is 0 Å². The van der Waals surface area contributed by atoms with Crippen molar-refractivity contribution in [3.8, 4) is 11.5 Å². The number of hydrogen-bond donors (Lipinski definition) is 1. The van der Waals surface area contributed by atoms with E-state index in [1.807, 2.05) is 6.92 Å². The van der Waals surface area contributed by atoms with E-state index in [1.165, 1.54) is 7.11 Å². The van der Waals surface area contributed by atoms with Crippen LogP contribution in [0.1, 0.15) is 50.6 Å². The van der Waals surface area contributed by atoms with Crippen molar-refractivity contribution in [2.45, 2.75) is 45.1 Å². The van der Waals surface area contributed by atoms with Gasteiger partial charge in [0.2, 0.25) is 5.91 Å². The van der Waals surface area contributed by atoms with Crippen molar-refractivity contribution in [3.05, 3.63) is 34.9 Å². The minimum atomic E-state index is -0.618. The fourth-order valence-corrected chi connectivity index (χ4v) is 3.24. The lowest BCUT2D eigenvalue weighted by Crippen LogP contribution is -2.32. The van der Waals surface area contributed by atoms with Crippen molar-refractivity contribution in [2.24, 2.45) is 0 Å². The lowest BCUT2D eigenvalue weighted by Gasteiger charge is -2.22. The fourth-order valence-electron chi connectivity index (χ4n) is 3.24. The highest BCUT2D eigenvalue weighted by Gasteiger charge is 2.25. The monoisotopic (exact) mass is 389 g/mol. The lowest BCUT2D eigenvalue weighted by atomic mass is 9.91. The minimum absolute atomic E-state index is 0.0379. The molecule has 1 N–H and O–H groups in total. The van der Waals surface area contributed by atoms with E-state index in [-0.39, 0.29) is 12.3 Å². The Balaban J connectivity index is 2.33. The first-order valence-electron chi connectivity index (χ1n) is 9.39. The van der Waals surface area contributed by atoms with Crippen molar-refractivity contribution < 1.29 is 28.6 Å². The van der Waals surface area contributed by atoms with Crippen LogP contribution in [0.4, 0.5) is 0 Å². The molecule has 1 aromatic carbocycles. The SMILES string of the molecule is CCOc1cc(C(CC(=O)OC)NC(=O)C2=C(C=O)CCCC2)ccc1OC. The molecule has 1 unspecified atom stereocenters. The number of ether oxygens (including phenoxy) is 3. The van der Waals surface area contributed by atoms with E-state index in [0.717, 1.165) is 19.1 Å². The molecule has 0 aromatic heterocycles. The summed E-state index contributed by atoms with van der Waals surface area (Å²) in [7, 11) is 2.84. The highest BCUT2D eigenvalue weighted by molar-refractivity contribution is 5.99. The van der Waals surface area contributed by atoms with Crippen LogP contribution in [-0.4, -0.2) is 39.0 Å². The van der Waals surface area contributed by atoms with E-state index in [1.54, 1.807) is 25.3 Å². The Labute approximate surface area is 165 Å². The van der Waals surface area contributed by atoms with E-state index < -0.39 is 12.0 Å². The van der Waals surface area contributed by atoms with Crippen molar-refractivity contribution in [1.29, 1.82) is 0 Å². The molecule has 0 bridgehead atoms. The topological polar surface area (TPSA) is 90.9 Å². The van der Waals surface area contributed by atoms with Gasteiger partial charge in [-0.15, -0.1) is 0 Å². The van der Waals surface area contributed by atoms with Crippen LogP contribution in [0.3, 0.4) is 0 Å². The number of amides is 1. The Bertz CT molecular complexity index is 755. The number of esters is 1. The number of nitrogens with one attached hydrogen (secondary N) is 1. The molecule has 1 aliphatic rings. The van der Waals surface area contributed by atoms with Crippen LogP contribution in [0, 0.1) is 0 Å². The predicted molar refractivity (Wildman–Crippen MR) is 103 cm³/mol. The van der Waals surface area contributed by atoms with Gasteiger partial charge in [0.15, 0.2) is 11.5 Å². The van der Waals surface area contributed by atoms with Gasteiger partial charge < -0.3 is 19.5 Å². The van der Waals surface area contributed by atoms with E-state index in [0.29, 0.717) is 47.7 Å². The number of rotatable bonds is 9. The Morgan fingerprint density at radius 1 is 1.18 bits per heavy atom. The molecule has 0 aliphatic heterocycles. The number of allylic oxidation sites excluding steroid dienone is 1. The molecule has 152 valence electrons. The van der Waals surface area contributed by atoms with Gasteiger partial charge in [-0.1, -0.05) is 6.07 Å². The second-order valence-corrected chi connectivity index (χ2v) is 6.48. The number of hydrogen-bond acceptors (Lipinski definition) is 6. The van der Waals surface area contributed by atoms with Gasteiger partial charge in [0.05, 0.1) is 33.3 Å². The van der Waals surface area contributed by atoms with Crippen molar-refractivity contribution in [1.82, 2.24) is 5.32 Å². The third-order valence-corrected chi connectivity index (χ3v) is 4.72. The average Bonchev–Trinajstić information content (AvgIpc) is 2.73. The maximum atomic E-state index is 12.8. The summed E-state index contributed by atoms with van der Waals surface area (Å²) in [6.45, 7) is 2.31. The number of carbonyl (C=O) groups is 3. The van der Waals surface area contributed by atoms with Gasteiger partial charge in [0, 0.05) is 11.1 Å². The van der Waals surface area contributed by atoms with Gasteiger partial charge in [-0.2, -0.15) is 0 Å². The largest absolute Gasteiger partial charge is 0.493 e. The van der Waals surface area contributed by atoms with Crippen molar-refractivity contribution >= 4 is 18.2 Å². The van der Waals surface area contributed by atoms with Gasteiger partial charge in [0.25, 0.3) is 0 Å². The summed E-state index contributed by atoms with van der Waals surface area (Å²) in [5, 5.41) is 2.89. The van der Waals surface area contributed by atoms with Gasteiger partial charge in [-0.25, -0.2) is 0 Å². The average molecular weight is 389 g/mol. The van der Waals surface area contributed by atoms with E-state index in [4.69, 9.17) is 14.2 Å². The van der Waals surface area contributed by atoms with Crippen LogP contribution >= 0.6 is 0 Å². The first-order valence-corrected chi connectivity index (χ1v) is 9.39. The summed E-state index contributed by atoms with van der Waals surface area (Å²) >= 11 is 0. The maximum absolute atomic E-state index is 12.8. The number of aldehydes is 1. The molecule has 0 saturated carbocycles. The molecule has 2 rings (SSSR count). The molecular formula is C21H27NO6. The molecule has 0 saturated heterocycles. The Morgan fingerprint density at radius 2 is 1.93 bits per heavy atom. The highest BCUT2D eigenvalue weighted by atomic mass is 16.5. The molecule has 1 atom stereocenters. The van der Waals surface area contributed by atoms with Gasteiger partial charge in [-0.3, -0.25) is 14.4 Å². The molecule has 1 aliphatic carbocycles. The third kappa shape index (κ3) is 5.34. The van der Waals surface area contributed by atoms with Crippen LogP contribution in [0.15, 0.2) is 29.3 Å². The quantitative estimate of drug-likeness (QED) is 0.516. The Hall–Kier alpha value is -2.83. The first-order chi connectivity index (χ1) is 13.5. The third-order valence-electron chi connectivity index (χ3n) is 4.72. The molecule has 0 fully saturated rings. The summed E-state index contributed by atoms with van der Waals surface area (Å²) in [6.07, 6.45) is 3.63. The second-order valence-electron chi connectivity index (χ2n) is 6.48. The number of carbonyl (C=O) groups excluding carboxylic acids is 3. The zero-order valence-electron chi connectivity index (χ0n) is 16.6. The molecule has 7 heteroatoms. The molecular weight excluding hydrogens is 362 g/mol. The summed E-state index contributed by atoms with van der Waals surface area (Å²) in [5.41, 5.74) is 1.71. The Morgan fingerprint density at radius 3 is 2.57 bits per heavy atom. The highest BCUT2D eigenvalue weighted by Crippen LogP contribution is 2.32. The van der Waals surface area contributed by atoms with Gasteiger partial charge in [-0.05, 0) is 50.3 Å². The summed E-state index contributed by atoms with van der Waals surface area (Å²) in [5.74, 6) is 0.306. The molecule has 0 spiro atoms. The smallest absolute Gasteiger partial charge is 0.307 e. The zero-order chi connectivity index (χ0) is 20.5. The lowest BCUT2D eigenvalue weighted by molar-refractivity contribution is -0.141. The van der Waals surface area contributed by atoms with E-state index in [9.17, 15) is 14.4 Å². The summed E-state index contributed by atoms with van der Waals surface area (Å²) in [4.78, 5) is 36.0. The van der Waals surface area contributed by atoms with Crippen LogP contribution in [0.5, 0.6) is 11.5 Å². The number of benzene rings is 1. The normalized spacial score (nSPS) is 14.8. The minimum Gasteiger partial charge on any atom is -0.493 e. The Kier molecular flexibility index (Phi) is 8.04. The van der Waals surface area contributed by atoms with Crippen LogP contribution in [0.2, 0.25) is 0 Å². The molecule has 28 heavy (non-hydrogen) atoms. The summed E-state index contributed by atoms with van der Waals surface area (Å²) in [6, 6.07) is 4.62. The van der Waals surface area contributed by atoms with E-state index >= 15 is 0 Å². The number of methoxy groups -OCH3 is 2. The van der Waals surface area contributed by atoms with Crippen LogP contribution < -0.4 is 14.8 Å². The zero-order valence-corrected chi connectivity index (χ0v) is 16.6. The second kappa shape index (κ2) is 10.5. The standard InChI is InChI=1S/C21H27NO6/c1-4-28-19-11-14(9-10-18(19)26-2)17(12-20(24)27-3)22-21(25)16-8-6-5-7-15(16)13-23/h9-11,13,17H,4-8,12H2,1-3H3,(H,22,25). The van der Waals surface area contributed by atoms with Gasteiger partial charge in [0.1, 0.15) is 6.29 Å². The maximum Gasteiger partial charge on any atom is 0.307 e. The molecule has 1 amide bonds. The summed E-state index contributed by atoms with van der Waals surface area (Å²) < 4.78 is 15.7.